The highest BCUT2D eigenvalue weighted by Gasteiger charge is 2.25. The largest absolute Gasteiger partial charge is 0.496 e. The molecule has 0 aliphatic carbocycles. The maximum atomic E-state index is 12.6. The van der Waals surface area contributed by atoms with Gasteiger partial charge in [-0.15, -0.1) is 0 Å². The van der Waals surface area contributed by atoms with Crippen LogP contribution >= 0.6 is 11.8 Å². The summed E-state index contributed by atoms with van der Waals surface area (Å²) in [4.78, 5) is 48.2. The van der Waals surface area contributed by atoms with E-state index in [1.54, 1.807) is 38.1 Å². The molecule has 0 heterocycles. The van der Waals surface area contributed by atoms with Crippen LogP contribution in [0.3, 0.4) is 0 Å². The first-order chi connectivity index (χ1) is 13.8. The molecule has 10 heteroatoms. The first-order valence-corrected chi connectivity index (χ1v) is 10.4. The number of amides is 4. The third kappa shape index (κ3) is 8.86. The maximum Gasteiger partial charge on any atom is 0.329 e. The average molecular weight is 426 g/mol. The highest BCUT2D eigenvalue weighted by molar-refractivity contribution is 7.98. The zero-order valence-corrected chi connectivity index (χ0v) is 17.8. The number of methoxy groups -OCH3 is 1. The Kier molecular flexibility index (Phi) is 10.6. The summed E-state index contributed by atoms with van der Waals surface area (Å²) in [5.74, 6) is -1.06. The first kappa shape index (κ1) is 24.3. The highest BCUT2D eigenvalue weighted by atomic mass is 32.2. The second-order valence-electron chi connectivity index (χ2n) is 6.29. The van der Waals surface area contributed by atoms with E-state index >= 15 is 0 Å². The van der Waals surface area contributed by atoms with Crippen molar-refractivity contribution < 1.29 is 28.7 Å². The van der Waals surface area contributed by atoms with Gasteiger partial charge in [-0.3, -0.25) is 14.9 Å². The molecule has 0 radical (unpaired) electrons. The van der Waals surface area contributed by atoms with Gasteiger partial charge in [0.05, 0.1) is 12.7 Å². The summed E-state index contributed by atoms with van der Waals surface area (Å²) in [6.07, 6.45) is 2.18. The lowest BCUT2D eigenvalue weighted by Crippen LogP contribution is -2.46. The second-order valence-corrected chi connectivity index (χ2v) is 7.28. The number of nitrogens with one attached hydrogen (secondary N) is 3. The van der Waals surface area contributed by atoms with Gasteiger partial charge in [-0.25, -0.2) is 9.59 Å². The zero-order valence-electron chi connectivity index (χ0n) is 16.9. The van der Waals surface area contributed by atoms with Gasteiger partial charge in [-0.1, -0.05) is 12.1 Å². The minimum atomic E-state index is -0.947. The molecule has 160 valence electrons. The number of hydrogen-bond acceptors (Lipinski definition) is 7. The van der Waals surface area contributed by atoms with Crippen LogP contribution in [0.1, 0.15) is 30.6 Å². The van der Waals surface area contributed by atoms with Gasteiger partial charge in [-0.05, 0) is 44.4 Å². The van der Waals surface area contributed by atoms with E-state index < -0.39 is 36.5 Å². The molecule has 0 saturated carbocycles. The van der Waals surface area contributed by atoms with Crippen LogP contribution in [0.4, 0.5) is 4.79 Å². The number of ether oxygens (including phenoxy) is 2. The number of imide groups is 1. The van der Waals surface area contributed by atoms with Crippen LogP contribution in [-0.4, -0.2) is 61.6 Å². The van der Waals surface area contributed by atoms with E-state index in [-0.39, 0.29) is 11.6 Å². The predicted molar refractivity (Wildman–Crippen MR) is 110 cm³/mol. The first-order valence-electron chi connectivity index (χ1n) is 8.98. The Labute approximate surface area is 174 Å². The number of thioether (sulfide) groups is 1. The molecule has 3 N–H and O–H groups in total. The highest BCUT2D eigenvalue weighted by Crippen LogP contribution is 2.17. The van der Waals surface area contributed by atoms with Crippen molar-refractivity contribution in [3.63, 3.8) is 0 Å². The summed E-state index contributed by atoms with van der Waals surface area (Å²) in [6, 6.07) is 4.85. The lowest BCUT2D eigenvalue weighted by Gasteiger charge is -2.18. The van der Waals surface area contributed by atoms with Crippen molar-refractivity contribution in [2.45, 2.75) is 32.4 Å². The Morgan fingerprint density at radius 2 is 1.79 bits per heavy atom. The Balaban J connectivity index is 2.69. The molecule has 4 amide bonds. The van der Waals surface area contributed by atoms with Crippen molar-refractivity contribution in [3.8, 4) is 5.75 Å². The lowest BCUT2D eigenvalue weighted by atomic mass is 10.1. The molecule has 0 aliphatic heterocycles. The molecular weight excluding hydrogens is 398 g/mol. The minimum absolute atomic E-state index is 0.147. The molecule has 0 saturated heterocycles. The fraction of sp³-hybridized carbons (Fsp3) is 0.474. The number of urea groups is 1. The van der Waals surface area contributed by atoms with E-state index in [9.17, 15) is 19.2 Å². The van der Waals surface area contributed by atoms with Crippen molar-refractivity contribution in [1.82, 2.24) is 16.0 Å². The van der Waals surface area contributed by atoms with Gasteiger partial charge in [0.25, 0.3) is 11.8 Å². The standard InChI is InChI=1S/C19H27N3O6S/c1-12(2)20-19(26)22-16(23)11-28-18(25)14(9-10-29-4)21-17(24)13-7-5-6-8-15(13)27-3/h5-8,12,14H,9-11H2,1-4H3,(H,21,24)(H2,20,22,23,26)/t14-/m0/s1. The van der Waals surface area contributed by atoms with Crippen LogP contribution in [0.2, 0.25) is 0 Å². The Hall–Kier alpha value is -2.75. The van der Waals surface area contributed by atoms with E-state index in [0.717, 1.165) is 0 Å². The Bertz CT molecular complexity index is 726. The van der Waals surface area contributed by atoms with Crippen molar-refractivity contribution >= 4 is 35.6 Å². The number of benzene rings is 1. The minimum Gasteiger partial charge on any atom is -0.496 e. The molecule has 0 aliphatic rings. The van der Waals surface area contributed by atoms with Gasteiger partial charge in [0.15, 0.2) is 6.61 Å². The molecular formula is C19H27N3O6S. The van der Waals surface area contributed by atoms with E-state index in [0.29, 0.717) is 17.9 Å². The third-order valence-electron chi connectivity index (χ3n) is 3.57. The van der Waals surface area contributed by atoms with Gasteiger partial charge < -0.3 is 20.1 Å². The van der Waals surface area contributed by atoms with E-state index in [2.05, 4.69) is 16.0 Å². The summed E-state index contributed by atoms with van der Waals surface area (Å²) in [6.45, 7) is 2.85. The Morgan fingerprint density at radius 1 is 1.10 bits per heavy atom. The summed E-state index contributed by atoms with van der Waals surface area (Å²) in [5, 5.41) is 7.16. The molecule has 0 unspecified atom stereocenters. The summed E-state index contributed by atoms with van der Waals surface area (Å²) < 4.78 is 10.1. The number of esters is 1. The van der Waals surface area contributed by atoms with Crippen molar-refractivity contribution in [3.05, 3.63) is 29.8 Å². The molecule has 9 nitrogen and oxygen atoms in total. The molecule has 0 spiro atoms. The number of carbonyl (C=O) groups excluding carboxylic acids is 4. The number of para-hydroxylation sites is 1. The molecule has 1 rings (SSSR count). The van der Waals surface area contributed by atoms with Gasteiger partial charge in [0, 0.05) is 6.04 Å². The predicted octanol–water partition coefficient (Wildman–Crippen LogP) is 1.32. The van der Waals surface area contributed by atoms with Crippen LogP contribution in [0.5, 0.6) is 5.75 Å². The van der Waals surface area contributed by atoms with E-state index in [1.807, 2.05) is 6.26 Å². The topological polar surface area (TPSA) is 123 Å². The van der Waals surface area contributed by atoms with Gasteiger partial charge in [0.2, 0.25) is 0 Å². The second kappa shape index (κ2) is 12.7. The molecule has 0 bridgehead atoms. The summed E-state index contributed by atoms with van der Waals surface area (Å²) in [7, 11) is 1.44. The number of carbonyl (C=O) groups is 4. The number of hydrogen-bond donors (Lipinski definition) is 3. The molecule has 0 aromatic heterocycles. The van der Waals surface area contributed by atoms with Gasteiger partial charge in [0.1, 0.15) is 11.8 Å². The normalized spacial score (nSPS) is 11.3. The van der Waals surface area contributed by atoms with Crippen molar-refractivity contribution in [2.24, 2.45) is 0 Å². The van der Waals surface area contributed by atoms with E-state index in [1.165, 1.54) is 18.9 Å². The quantitative estimate of drug-likeness (QED) is 0.483. The average Bonchev–Trinajstić information content (AvgIpc) is 2.68. The van der Waals surface area contributed by atoms with Crippen molar-refractivity contribution in [2.75, 3.05) is 25.7 Å². The van der Waals surface area contributed by atoms with E-state index in [4.69, 9.17) is 9.47 Å². The molecule has 1 atom stereocenters. The van der Waals surface area contributed by atoms with Crippen molar-refractivity contribution in [1.29, 1.82) is 0 Å². The monoisotopic (exact) mass is 425 g/mol. The van der Waals surface area contributed by atoms with Crippen LogP contribution < -0.4 is 20.7 Å². The summed E-state index contributed by atoms with van der Waals surface area (Å²) >= 11 is 1.50. The van der Waals surface area contributed by atoms with Crippen LogP contribution in [-0.2, 0) is 14.3 Å². The third-order valence-corrected chi connectivity index (χ3v) is 4.21. The maximum absolute atomic E-state index is 12.6. The van der Waals surface area contributed by atoms with Gasteiger partial charge >= 0.3 is 12.0 Å². The molecule has 29 heavy (non-hydrogen) atoms. The number of rotatable bonds is 10. The summed E-state index contributed by atoms with van der Waals surface area (Å²) in [5.41, 5.74) is 0.278. The van der Waals surface area contributed by atoms with Crippen LogP contribution in [0.25, 0.3) is 0 Å². The Morgan fingerprint density at radius 3 is 2.41 bits per heavy atom. The fourth-order valence-corrected chi connectivity index (χ4v) is 2.72. The van der Waals surface area contributed by atoms with Crippen LogP contribution in [0.15, 0.2) is 24.3 Å². The fourth-order valence-electron chi connectivity index (χ4n) is 2.25. The molecule has 1 aromatic carbocycles. The molecule has 1 aromatic rings. The lowest BCUT2D eigenvalue weighted by molar-refractivity contribution is -0.150. The van der Waals surface area contributed by atoms with Gasteiger partial charge in [-0.2, -0.15) is 11.8 Å². The smallest absolute Gasteiger partial charge is 0.329 e. The van der Waals surface area contributed by atoms with Crippen LogP contribution in [0, 0.1) is 0 Å². The SMILES string of the molecule is COc1ccccc1C(=O)N[C@@H](CCSC)C(=O)OCC(=O)NC(=O)NC(C)C. The zero-order chi connectivity index (χ0) is 21.8. The molecule has 0 fully saturated rings.